The number of halogens is 3. The lowest BCUT2D eigenvalue weighted by Crippen LogP contribution is -2.47. The maximum atomic E-state index is 14.1. The zero-order valence-corrected chi connectivity index (χ0v) is 18.7. The van der Waals surface area contributed by atoms with Gasteiger partial charge in [0.1, 0.15) is 18.9 Å². The van der Waals surface area contributed by atoms with E-state index in [1.165, 1.54) is 26.9 Å². The van der Waals surface area contributed by atoms with Gasteiger partial charge in [0.25, 0.3) is 12.3 Å². The van der Waals surface area contributed by atoms with Gasteiger partial charge in [-0.2, -0.15) is 5.10 Å². The number of hydrazine groups is 1. The number of hydrogen-bond acceptors (Lipinski definition) is 5. The van der Waals surface area contributed by atoms with E-state index in [4.69, 9.17) is 0 Å². The number of alkyl halides is 2. The van der Waals surface area contributed by atoms with Crippen LogP contribution in [0.25, 0.3) is 10.9 Å². The number of amides is 1. The number of aliphatic carboxylic acids is 1. The van der Waals surface area contributed by atoms with Gasteiger partial charge in [0.15, 0.2) is 0 Å². The Bertz CT molecular complexity index is 1250. The highest BCUT2D eigenvalue weighted by molar-refractivity contribution is 5.89. The van der Waals surface area contributed by atoms with Crippen molar-refractivity contribution in [2.24, 2.45) is 0 Å². The number of nitrogens with zero attached hydrogens (tertiary/aromatic N) is 5. The van der Waals surface area contributed by atoms with Crippen molar-refractivity contribution < 1.29 is 27.9 Å². The molecule has 1 aliphatic rings. The molecule has 3 aromatic rings. The molecule has 0 spiro atoms. The molecule has 0 atom stereocenters. The van der Waals surface area contributed by atoms with E-state index in [-0.39, 0.29) is 24.8 Å². The molecular weight excluding hydrogens is 451 g/mol. The van der Waals surface area contributed by atoms with E-state index < -0.39 is 25.5 Å². The summed E-state index contributed by atoms with van der Waals surface area (Å²) in [5.74, 6) is -1.83. The number of carboxylic acids is 1. The predicted molar refractivity (Wildman–Crippen MR) is 119 cm³/mol. The third kappa shape index (κ3) is 4.69. The van der Waals surface area contributed by atoms with Gasteiger partial charge in [0.2, 0.25) is 0 Å². The van der Waals surface area contributed by atoms with Gasteiger partial charge in [-0.15, -0.1) is 0 Å². The smallest absolute Gasteiger partial charge is 0.323 e. The van der Waals surface area contributed by atoms with Gasteiger partial charge in [-0.25, -0.2) is 18.2 Å². The fourth-order valence-electron chi connectivity index (χ4n) is 4.22. The highest BCUT2D eigenvalue weighted by atomic mass is 19.3. The Morgan fingerprint density at radius 2 is 1.97 bits per heavy atom. The monoisotopic (exact) mass is 475 g/mol. The first-order valence-corrected chi connectivity index (χ1v) is 10.6. The van der Waals surface area contributed by atoms with Crippen molar-refractivity contribution in [1.82, 2.24) is 19.8 Å². The molecule has 180 valence electrons. The molecule has 4 rings (SSSR count). The van der Waals surface area contributed by atoms with Crippen molar-refractivity contribution in [3.05, 3.63) is 59.0 Å². The van der Waals surface area contributed by atoms with Crippen LogP contribution in [0.5, 0.6) is 0 Å². The quantitative estimate of drug-likeness (QED) is 0.540. The molecule has 2 aromatic carbocycles. The fourth-order valence-corrected chi connectivity index (χ4v) is 4.22. The van der Waals surface area contributed by atoms with Crippen molar-refractivity contribution in [2.45, 2.75) is 33.0 Å². The normalized spacial score (nSPS) is 13.5. The van der Waals surface area contributed by atoms with Crippen molar-refractivity contribution in [2.75, 3.05) is 25.0 Å². The first-order valence-electron chi connectivity index (χ1n) is 10.6. The molecule has 1 aromatic heterocycles. The lowest BCUT2D eigenvalue weighted by Gasteiger charge is -2.31. The number of carbonyl (C=O) groups is 2. The van der Waals surface area contributed by atoms with E-state index in [1.807, 2.05) is 0 Å². The Morgan fingerprint density at radius 1 is 1.21 bits per heavy atom. The third-order valence-corrected chi connectivity index (χ3v) is 5.96. The lowest BCUT2D eigenvalue weighted by atomic mass is 10.1. The highest BCUT2D eigenvalue weighted by Gasteiger charge is 2.28. The van der Waals surface area contributed by atoms with Gasteiger partial charge in [-0.3, -0.25) is 19.3 Å². The van der Waals surface area contributed by atoms with Crippen LogP contribution in [0, 0.1) is 12.7 Å². The maximum Gasteiger partial charge on any atom is 0.323 e. The van der Waals surface area contributed by atoms with Crippen LogP contribution in [0.15, 0.2) is 36.5 Å². The van der Waals surface area contributed by atoms with Gasteiger partial charge in [-0.1, -0.05) is 12.1 Å². The first-order chi connectivity index (χ1) is 16.1. The highest BCUT2D eigenvalue weighted by Crippen LogP contribution is 2.29. The molecule has 34 heavy (non-hydrogen) atoms. The van der Waals surface area contributed by atoms with Crippen LogP contribution in [0.4, 0.5) is 18.9 Å². The van der Waals surface area contributed by atoms with Gasteiger partial charge < -0.3 is 10.0 Å². The van der Waals surface area contributed by atoms with E-state index >= 15 is 0 Å². The van der Waals surface area contributed by atoms with E-state index in [9.17, 15) is 27.9 Å². The zero-order valence-electron chi connectivity index (χ0n) is 18.7. The molecule has 0 bridgehead atoms. The number of benzene rings is 2. The topological polar surface area (TPSA) is 81.9 Å². The minimum atomic E-state index is -2.56. The minimum Gasteiger partial charge on any atom is -0.480 e. The van der Waals surface area contributed by atoms with Crippen LogP contribution in [-0.2, 0) is 29.2 Å². The summed E-state index contributed by atoms with van der Waals surface area (Å²) in [6.45, 7) is 1.09. The molecule has 0 aliphatic carbocycles. The molecule has 0 radical (unpaired) electrons. The number of rotatable bonds is 8. The summed E-state index contributed by atoms with van der Waals surface area (Å²) in [6, 6.07) is 8.11. The van der Waals surface area contributed by atoms with Crippen LogP contribution in [-0.4, -0.2) is 63.3 Å². The summed E-state index contributed by atoms with van der Waals surface area (Å²) in [5, 5.41) is 17.1. The van der Waals surface area contributed by atoms with E-state index in [0.717, 1.165) is 5.56 Å². The molecule has 0 fully saturated rings. The summed E-state index contributed by atoms with van der Waals surface area (Å²) in [5.41, 5.74) is 2.94. The Labute approximate surface area is 193 Å². The molecule has 11 heteroatoms. The van der Waals surface area contributed by atoms with Gasteiger partial charge in [0.05, 0.1) is 18.3 Å². The molecule has 2 heterocycles. The molecule has 1 aliphatic heterocycles. The largest absolute Gasteiger partial charge is 0.480 e. The van der Waals surface area contributed by atoms with Crippen LogP contribution in [0.3, 0.4) is 0 Å². The average Bonchev–Trinajstić information content (AvgIpc) is 3.36. The van der Waals surface area contributed by atoms with E-state index in [1.54, 1.807) is 43.2 Å². The second kappa shape index (κ2) is 9.34. The lowest BCUT2D eigenvalue weighted by molar-refractivity contribution is -0.145. The molecule has 1 amide bonds. The second-order valence-corrected chi connectivity index (χ2v) is 8.28. The standard InChI is InChI=1S/C23H24F3N5O3/c1-14-6-20-16(8-27-31(20)11-21(25)26)7-19(14)29(13-23(33)34)12-22(32)28(2)30-9-15-4-3-5-18(24)17(15)10-30/h3-8,21H,9-13H2,1-2H3,(H,33,34). The molecule has 1 N–H and O–H groups in total. The van der Waals surface area contributed by atoms with Crippen molar-refractivity contribution >= 4 is 28.5 Å². The van der Waals surface area contributed by atoms with Crippen LogP contribution < -0.4 is 4.90 Å². The first kappa shape index (κ1) is 23.6. The van der Waals surface area contributed by atoms with Crippen molar-refractivity contribution in [1.29, 1.82) is 0 Å². The van der Waals surface area contributed by atoms with Crippen LogP contribution in [0.1, 0.15) is 16.7 Å². The Morgan fingerprint density at radius 3 is 2.65 bits per heavy atom. The zero-order chi connectivity index (χ0) is 24.6. The molecular formula is C23H24F3N5O3. The van der Waals surface area contributed by atoms with Crippen LogP contribution in [0.2, 0.25) is 0 Å². The fraction of sp³-hybridized carbons (Fsp3) is 0.348. The third-order valence-electron chi connectivity index (χ3n) is 5.96. The van der Waals surface area contributed by atoms with Crippen molar-refractivity contribution in [3.8, 4) is 0 Å². The SMILES string of the molecule is Cc1cc2c(cnn2CC(F)F)cc1N(CC(=O)O)CC(=O)N(C)N1Cc2cccc(F)c2C1. The summed E-state index contributed by atoms with van der Waals surface area (Å²) < 4.78 is 41.0. The average molecular weight is 475 g/mol. The summed E-state index contributed by atoms with van der Waals surface area (Å²) >= 11 is 0. The number of carbonyl (C=O) groups excluding carboxylic acids is 1. The summed E-state index contributed by atoms with van der Waals surface area (Å²) in [7, 11) is 1.56. The summed E-state index contributed by atoms with van der Waals surface area (Å²) in [4.78, 5) is 26.1. The van der Waals surface area contributed by atoms with Gasteiger partial charge in [0, 0.05) is 36.8 Å². The van der Waals surface area contributed by atoms with Crippen molar-refractivity contribution in [3.63, 3.8) is 0 Å². The number of anilines is 1. The number of aromatic nitrogens is 2. The number of hydrogen-bond donors (Lipinski definition) is 1. The molecule has 8 nitrogen and oxygen atoms in total. The van der Waals surface area contributed by atoms with Crippen LogP contribution >= 0.6 is 0 Å². The molecule has 0 unspecified atom stereocenters. The second-order valence-electron chi connectivity index (χ2n) is 8.28. The number of carboxylic acid groups (broad SMARTS) is 1. The summed E-state index contributed by atoms with van der Waals surface area (Å²) in [6.07, 6.45) is -1.13. The predicted octanol–water partition coefficient (Wildman–Crippen LogP) is 3.03. The Hall–Kier alpha value is -3.60. The van der Waals surface area contributed by atoms with Gasteiger partial charge >= 0.3 is 5.97 Å². The Balaban J connectivity index is 1.56. The molecule has 0 saturated carbocycles. The Kier molecular flexibility index (Phi) is 6.47. The van der Waals surface area contributed by atoms with Gasteiger partial charge in [-0.05, 0) is 36.2 Å². The maximum absolute atomic E-state index is 14.1. The molecule has 0 saturated heterocycles. The minimum absolute atomic E-state index is 0.234. The number of fused-ring (bicyclic) bond motifs is 2. The number of aryl methyl sites for hydroxylation is 1. The van der Waals surface area contributed by atoms with E-state index in [0.29, 0.717) is 34.3 Å². The van der Waals surface area contributed by atoms with E-state index in [2.05, 4.69) is 5.10 Å². The number of likely N-dealkylation sites (N-methyl/N-ethyl adjacent to an activating group) is 1.